The molecule has 11 rings (SSSR count). The zero-order valence-electron chi connectivity index (χ0n) is 32.1. The van der Waals surface area contributed by atoms with Gasteiger partial charge in [0.25, 0.3) is 0 Å². The Hall–Kier alpha value is -7.28. The Morgan fingerprint density at radius 3 is 1.28 bits per heavy atom. The lowest BCUT2D eigenvalue weighted by Crippen LogP contribution is -2.23. The molecule has 0 bridgehead atoms. The van der Waals surface area contributed by atoms with Crippen molar-refractivity contribution in [3.8, 4) is 66.8 Å². The van der Waals surface area contributed by atoms with Crippen LogP contribution in [-0.2, 0) is 0 Å². The molecule has 0 saturated carbocycles. The Morgan fingerprint density at radius 2 is 0.690 bits per heavy atom. The molecule has 0 amide bonds. The molecule has 8 aromatic carbocycles. The van der Waals surface area contributed by atoms with E-state index in [1.807, 2.05) is 0 Å². The molecule has 0 nitrogen and oxygen atoms in total. The SMILES string of the molecule is C1=CC2C=Cc3c(-c4ccccc4-c4ccc(-c5ccccc5)cc4)cc(-c4ccccc4)c4c3C2C(=C1c1ccccc1-c1ccc(-c2ccccc2)cc1)C=C4. The molecule has 2 unspecified atom stereocenters. The minimum Gasteiger partial charge on any atom is -0.0760 e. The quantitative estimate of drug-likeness (QED) is 0.153. The van der Waals surface area contributed by atoms with Gasteiger partial charge in [-0.05, 0) is 106 Å². The summed E-state index contributed by atoms with van der Waals surface area (Å²) in [5.74, 6) is 0.472. The van der Waals surface area contributed by atoms with Crippen molar-refractivity contribution in [1.29, 1.82) is 0 Å². The maximum absolute atomic E-state index is 2.46. The van der Waals surface area contributed by atoms with Gasteiger partial charge in [0.05, 0.1) is 0 Å². The van der Waals surface area contributed by atoms with E-state index in [0.717, 1.165) is 0 Å². The molecule has 0 saturated heterocycles. The van der Waals surface area contributed by atoms with Crippen LogP contribution in [0.3, 0.4) is 0 Å². The van der Waals surface area contributed by atoms with E-state index in [1.165, 1.54) is 100 Å². The zero-order valence-corrected chi connectivity index (χ0v) is 32.1. The second-order valence-electron chi connectivity index (χ2n) is 15.5. The number of allylic oxidation sites excluding steroid dienone is 6. The predicted molar refractivity (Wildman–Crippen MR) is 246 cm³/mol. The average Bonchev–Trinajstić information content (AvgIpc) is 3.31. The van der Waals surface area contributed by atoms with E-state index in [-0.39, 0.29) is 11.8 Å². The van der Waals surface area contributed by atoms with E-state index >= 15 is 0 Å². The van der Waals surface area contributed by atoms with Crippen molar-refractivity contribution in [2.24, 2.45) is 5.92 Å². The van der Waals surface area contributed by atoms with Gasteiger partial charge in [0.15, 0.2) is 0 Å². The highest BCUT2D eigenvalue weighted by atomic mass is 14.4. The lowest BCUT2D eigenvalue weighted by Gasteiger charge is -2.39. The Bertz CT molecular complexity index is 2940. The molecule has 8 aromatic rings. The minimum absolute atomic E-state index is 0.202. The molecular formula is C58H40. The number of rotatable bonds is 7. The first-order valence-corrected chi connectivity index (χ1v) is 20.3. The van der Waals surface area contributed by atoms with E-state index < -0.39 is 0 Å². The maximum atomic E-state index is 2.46. The van der Waals surface area contributed by atoms with Gasteiger partial charge in [-0.1, -0.05) is 225 Å². The summed E-state index contributed by atoms with van der Waals surface area (Å²) in [6, 6.07) is 70.7. The minimum atomic E-state index is 0.202. The van der Waals surface area contributed by atoms with Crippen LogP contribution in [0.25, 0.3) is 84.5 Å². The summed E-state index contributed by atoms with van der Waals surface area (Å²) in [4.78, 5) is 0. The highest BCUT2D eigenvalue weighted by Gasteiger charge is 2.37. The van der Waals surface area contributed by atoms with E-state index in [2.05, 4.69) is 231 Å². The van der Waals surface area contributed by atoms with Crippen LogP contribution in [0.5, 0.6) is 0 Å². The first-order chi connectivity index (χ1) is 28.8. The highest BCUT2D eigenvalue weighted by molar-refractivity contribution is 5.99. The highest BCUT2D eigenvalue weighted by Crippen LogP contribution is 2.55. The van der Waals surface area contributed by atoms with Crippen LogP contribution >= 0.6 is 0 Å². The summed E-state index contributed by atoms with van der Waals surface area (Å²) in [5.41, 5.74) is 23.0. The maximum Gasteiger partial charge on any atom is 0.0205 e. The molecule has 0 aromatic heterocycles. The fraction of sp³-hybridized carbons (Fsp3) is 0.0345. The number of benzene rings is 8. The second kappa shape index (κ2) is 14.3. The third-order valence-electron chi connectivity index (χ3n) is 12.3. The van der Waals surface area contributed by atoms with Crippen LogP contribution in [-0.4, -0.2) is 0 Å². The van der Waals surface area contributed by atoms with Crippen LogP contribution < -0.4 is 0 Å². The molecule has 0 fully saturated rings. The molecule has 0 heterocycles. The van der Waals surface area contributed by atoms with Crippen molar-refractivity contribution in [3.63, 3.8) is 0 Å². The van der Waals surface area contributed by atoms with Gasteiger partial charge in [-0.15, -0.1) is 0 Å². The van der Waals surface area contributed by atoms with Gasteiger partial charge in [0, 0.05) is 11.8 Å². The Labute approximate surface area is 341 Å². The van der Waals surface area contributed by atoms with Gasteiger partial charge in [-0.3, -0.25) is 0 Å². The monoisotopic (exact) mass is 736 g/mol. The lowest BCUT2D eigenvalue weighted by molar-refractivity contribution is 0.668. The molecule has 0 spiro atoms. The molecule has 0 radical (unpaired) electrons. The van der Waals surface area contributed by atoms with E-state index in [9.17, 15) is 0 Å². The fourth-order valence-electron chi connectivity index (χ4n) is 9.53. The number of hydrogen-bond donors (Lipinski definition) is 0. The van der Waals surface area contributed by atoms with Crippen molar-refractivity contribution in [3.05, 3.63) is 246 Å². The molecule has 2 atom stereocenters. The Morgan fingerprint density at radius 1 is 0.276 bits per heavy atom. The van der Waals surface area contributed by atoms with Crippen molar-refractivity contribution in [2.75, 3.05) is 0 Å². The normalized spacial score (nSPS) is 16.0. The first-order valence-electron chi connectivity index (χ1n) is 20.3. The van der Waals surface area contributed by atoms with Crippen molar-refractivity contribution in [1.82, 2.24) is 0 Å². The largest absolute Gasteiger partial charge is 0.0760 e. The smallest absolute Gasteiger partial charge is 0.0205 e. The third-order valence-corrected chi connectivity index (χ3v) is 12.3. The predicted octanol–water partition coefficient (Wildman–Crippen LogP) is 15.5. The van der Waals surface area contributed by atoms with Crippen LogP contribution in [0.15, 0.2) is 224 Å². The van der Waals surface area contributed by atoms with Gasteiger partial charge < -0.3 is 0 Å². The second-order valence-corrected chi connectivity index (χ2v) is 15.5. The van der Waals surface area contributed by atoms with Crippen LogP contribution in [0.4, 0.5) is 0 Å². The molecule has 3 aliphatic rings. The Balaban J connectivity index is 1.07. The van der Waals surface area contributed by atoms with E-state index in [0.29, 0.717) is 0 Å². The average molecular weight is 737 g/mol. The summed E-state index contributed by atoms with van der Waals surface area (Å²) < 4.78 is 0. The van der Waals surface area contributed by atoms with Gasteiger partial charge in [-0.25, -0.2) is 0 Å². The first kappa shape index (κ1) is 34.0. The summed E-state index contributed by atoms with van der Waals surface area (Å²) in [7, 11) is 0. The van der Waals surface area contributed by atoms with E-state index in [1.54, 1.807) is 0 Å². The third kappa shape index (κ3) is 5.85. The summed E-state index contributed by atoms with van der Waals surface area (Å²) in [6.45, 7) is 0. The van der Waals surface area contributed by atoms with Crippen LogP contribution in [0.2, 0.25) is 0 Å². The molecule has 58 heavy (non-hydrogen) atoms. The van der Waals surface area contributed by atoms with Crippen molar-refractivity contribution < 1.29 is 0 Å². The van der Waals surface area contributed by atoms with Gasteiger partial charge in [0.2, 0.25) is 0 Å². The molecule has 272 valence electrons. The summed E-state index contributed by atoms with van der Waals surface area (Å²) in [5, 5.41) is 0. The molecule has 0 heteroatoms. The van der Waals surface area contributed by atoms with Gasteiger partial charge in [-0.2, -0.15) is 0 Å². The number of hydrogen-bond acceptors (Lipinski definition) is 0. The van der Waals surface area contributed by atoms with Gasteiger partial charge in [0.1, 0.15) is 0 Å². The van der Waals surface area contributed by atoms with Crippen LogP contribution in [0, 0.1) is 5.92 Å². The fourth-order valence-corrected chi connectivity index (χ4v) is 9.53. The molecule has 0 aliphatic heterocycles. The molecule has 3 aliphatic carbocycles. The molecule has 0 N–H and O–H groups in total. The summed E-state index contributed by atoms with van der Waals surface area (Å²) >= 11 is 0. The summed E-state index contributed by atoms with van der Waals surface area (Å²) in [6.07, 6.45) is 14.5. The van der Waals surface area contributed by atoms with E-state index in [4.69, 9.17) is 0 Å². The van der Waals surface area contributed by atoms with Crippen molar-refractivity contribution in [2.45, 2.75) is 5.92 Å². The zero-order chi connectivity index (χ0) is 38.4. The van der Waals surface area contributed by atoms with Crippen LogP contribution in [0.1, 0.15) is 28.2 Å². The standard InChI is InChI=1S/C58H40/c1-4-14-39(15-5-1)41-24-28-44(29-25-41)47-20-10-12-22-49(47)51-34-32-46-33-35-54-56(38-55(43-18-8-3-9-19-43)53-37-36-52(51)57(46)58(53)54)50-23-13-11-21-48(50)45-30-26-42(27-31-45)40-16-6-2-7-17-40/h1-38,46,57H. The van der Waals surface area contributed by atoms with Crippen molar-refractivity contribution >= 4 is 17.7 Å². The van der Waals surface area contributed by atoms with Gasteiger partial charge >= 0.3 is 0 Å². The topological polar surface area (TPSA) is 0 Å². The lowest BCUT2D eigenvalue weighted by atomic mass is 9.64. The molecular weight excluding hydrogens is 697 g/mol. The Kier molecular flexibility index (Phi) is 8.41.